The Morgan fingerprint density at radius 3 is 2.71 bits per heavy atom. The Morgan fingerprint density at radius 1 is 1.47 bits per heavy atom. The molecule has 4 nitrogen and oxygen atoms in total. The number of likely N-dealkylation sites (N-methyl/N-ethyl adjacent to an activating group) is 1. The highest BCUT2D eigenvalue weighted by Crippen LogP contribution is 2.10. The third kappa shape index (κ3) is 3.84. The minimum Gasteiger partial charge on any atom is -0.478 e. The predicted octanol–water partition coefficient (Wildman–Crippen LogP) is 1.59. The second kappa shape index (κ2) is 6.37. The maximum atomic E-state index is 10.8. The Hall–Kier alpha value is -1.39. The molecule has 0 aromatic heterocycles. The standard InChI is InChI=1S/C13H19NO3/c1-3-12(9-15)14(2)8-10-5-4-6-11(7-10)13(16)17/h4-7,12,15H,3,8-9H2,1-2H3,(H,16,17). The summed E-state index contributed by atoms with van der Waals surface area (Å²) in [5, 5.41) is 18.1. The van der Waals surface area contributed by atoms with Gasteiger partial charge in [-0.15, -0.1) is 0 Å². The lowest BCUT2D eigenvalue weighted by molar-refractivity contribution is 0.0696. The van der Waals surface area contributed by atoms with E-state index in [1.807, 2.05) is 24.9 Å². The molecule has 2 N–H and O–H groups in total. The highest BCUT2D eigenvalue weighted by molar-refractivity contribution is 5.87. The summed E-state index contributed by atoms with van der Waals surface area (Å²) in [5.41, 5.74) is 1.24. The lowest BCUT2D eigenvalue weighted by Crippen LogP contribution is -2.33. The van der Waals surface area contributed by atoms with Crippen LogP contribution in [-0.2, 0) is 6.54 Å². The van der Waals surface area contributed by atoms with Crippen LogP contribution in [0, 0.1) is 0 Å². The third-order valence-corrected chi connectivity index (χ3v) is 2.91. The lowest BCUT2D eigenvalue weighted by Gasteiger charge is -2.25. The van der Waals surface area contributed by atoms with Gasteiger partial charge in [0, 0.05) is 12.6 Å². The molecule has 4 heteroatoms. The van der Waals surface area contributed by atoms with Crippen molar-refractivity contribution < 1.29 is 15.0 Å². The number of aliphatic hydroxyl groups is 1. The van der Waals surface area contributed by atoms with Crippen LogP contribution in [0.3, 0.4) is 0 Å². The van der Waals surface area contributed by atoms with Gasteiger partial charge >= 0.3 is 5.97 Å². The Morgan fingerprint density at radius 2 is 2.18 bits per heavy atom. The monoisotopic (exact) mass is 237 g/mol. The summed E-state index contributed by atoms with van der Waals surface area (Å²) in [7, 11) is 1.93. The van der Waals surface area contributed by atoms with Gasteiger partial charge in [-0.3, -0.25) is 4.90 Å². The number of rotatable bonds is 6. The van der Waals surface area contributed by atoms with Gasteiger partial charge in [0.2, 0.25) is 0 Å². The molecule has 0 aliphatic rings. The molecule has 0 saturated carbocycles. The third-order valence-electron chi connectivity index (χ3n) is 2.91. The Bertz CT molecular complexity index is 375. The van der Waals surface area contributed by atoms with Crippen molar-refractivity contribution in [3.05, 3.63) is 35.4 Å². The van der Waals surface area contributed by atoms with Crippen LogP contribution in [0.15, 0.2) is 24.3 Å². The van der Waals surface area contributed by atoms with Gasteiger partial charge in [0.1, 0.15) is 0 Å². The van der Waals surface area contributed by atoms with E-state index in [0.717, 1.165) is 12.0 Å². The minimum atomic E-state index is -0.913. The zero-order valence-electron chi connectivity index (χ0n) is 10.3. The number of aromatic carboxylic acids is 1. The SMILES string of the molecule is CCC(CO)N(C)Cc1cccc(C(=O)O)c1. The van der Waals surface area contributed by atoms with Crippen LogP contribution in [0.25, 0.3) is 0 Å². The van der Waals surface area contributed by atoms with Crippen molar-refractivity contribution in [1.82, 2.24) is 4.90 Å². The van der Waals surface area contributed by atoms with Crippen molar-refractivity contribution in [2.75, 3.05) is 13.7 Å². The molecule has 1 aromatic rings. The highest BCUT2D eigenvalue weighted by atomic mass is 16.4. The van der Waals surface area contributed by atoms with Crippen molar-refractivity contribution in [2.45, 2.75) is 25.9 Å². The summed E-state index contributed by atoms with van der Waals surface area (Å²) in [5.74, 6) is -0.913. The van der Waals surface area contributed by atoms with Crippen molar-refractivity contribution in [3.63, 3.8) is 0 Å². The fourth-order valence-corrected chi connectivity index (χ4v) is 1.80. The van der Waals surface area contributed by atoms with Crippen LogP contribution in [0.1, 0.15) is 29.3 Å². The van der Waals surface area contributed by atoms with E-state index in [1.165, 1.54) is 0 Å². The molecular weight excluding hydrogens is 218 g/mol. The number of carboxylic acid groups (broad SMARTS) is 1. The van der Waals surface area contributed by atoms with Crippen molar-refractivity contribution in [1.29, 1.82) is 0 Å². The summed E-state index contributed by atoms with van der Waals surface area (Å²) in [6, 6.07) is 7.00. The first-order chi connectivity index (χ1) is 8.08. The molecule has 17 heavy (non-hydrogen) atoms. The number of carboxylic acids is 1. The van der Waals surface area contributed by atoms with Gasteiger partial charge in [-0.25, -0.2) is 4.79 Å². The molecule has 0 spiro atoms. The Labute approximate surface area is 101 Å². The molecule has 0 amide bonds. The highest BCUT2D eigenvalue weighted by Gasteiger charge is 2.12. The summed E-state index contributed by atoms with van der Waals surface area (Å²) in [4.78, 5) is 12.9. The molecule has 0 aliphatic heterocycles. The van der Waals surface area contributed by atoms with E-state index in [0.29, 0.717) is 12.1 Å². The first kappa shape index (κ1) is 13.7. The summed E-state index contributed by atoms with van der Waals surface area (Å²) in [6.45, 7) is 2.77. The van der Waals surface area contributed by atoms with Crippen LogP contribution >= 0.6 is 0 Å². The van der Waals surface area contributed by atoms with Crippen molar-refractivity contribution >= 4 is 5.97 Å². The number of carbonyl (C=O) groups is 1. The van der Waals surface area contributed by atoms with Gasteiger partial charge in [0.05, 0.1) is 12.2 Å². The number of hydrogen-bond acceptors (Lipinski definition) is 3. The van der Waals surface area contributed by atoms with E-state index in [2.05, 4.69) is 0 Å². The van der Waals surface area contributed by atoms with E-state index in [9.17, 15) is 9.90 Å². The molecule has 1 unspecified atom stereocenters. The van der Waals surface area contributed by atoms with Crippen LogP contribution in [0.2, 0.25) is 0 Å². The molecule has 0 bridgehead atoms. The normalized spacial score (nSPS) is 12.7. The Kier molecular flexibility index (Phi) is 5.12. The zero-order chi connectivity index (χ0) is 12.8. The summed E-state index contributed by atoms with van der Waals surface area (Å²) < 4.78 is 0. The van der Waals surface area contributed by atoms with Gasteiger partial charge < -0.3 is 10.2 Å². The molecule has 0 heterocycles. The quantitative estimate of drug-likeness (QED) is 0.788. The molecule has 1 aromatic carbocycles. The van der Waals surface area contributed by atoms with Gasteiger partial charge in [-0.2, -0.15) is 0 Å². The largest absolute Gasteiger partial charge is 0.478 e. The van der Waals surface area contributed by atoms with Gasteiger partial charge in [-0.1, -0.05) is 19.1 Å². The van der Waals surface area contributed by atoms with Crippen LogP contribution in [0.4, 0.5) is 0 Å². The lowest BCUT2D eigenvalue weighted by atomic mass is 10.1. The molecule has 0 saturated heterocycles. The predicted molar refractivity (Wildman–Crippen MR) is 66.0 cm³/mol. The van der Waals surface area contributed by atoms with E-state index >= 15 is 0 Å². The molecule has 0 fully saturated rings. The van der Waals surface area contributed by atoms with Gasteiger partial charge in [0.25, 0.3) is 0 Å². The summed E-state index contributed by atoms with van der Waals surface area (Å²) >= 11 is 0. The number of nitrogens with zero attached hydrogens (tertiary/aromatic N) is 1. The van der Waals surface area contributed by atoms with E-state index < -0.39 is 5.97 Å². The van der Waals surface area contributed by atoms with E-state index in [-0.39, 0.29) is 12.6 Å². The van der Waals surface area contributed by atoms with Gasteiger partial charge in [0.15, 0.2) is 0 Å². The molecule has 0 radical (unpaired) electrons. The second-order valence-corrected chi connectivity index (χ2v) is 4.17. The fourth-order valence-electron chi connectivity index (χ4n) is 1.80. The number of benzene rings is 1. The zero-order valence-corrected chi connectivity index (χ0v) is 10.3. The maximum Gasteiger partial charge on any atom is 0.335 e. The van der Waals surface area contributed by atoms with Crippen molar-refractivity contribution in [2.24, 2.45) is 0 Å². The Balaban J connectivity index is 2.74. The average Bonchev–Trinajstić information content (AvgIpc) is 2.30. The molecule has 94 valence electrons. The van der Waals surface area contributed by atoms with Gasteiger partial charge in [-0.05, 0) is 31.2 Å². The van der Waals surface area contributed by atoms with Crippen LogP contribution in [-0.4, -0.2) is 40.8 Å². The molecule has 0 aliphatic carbocycles. The number of aliphatic hydroxyl groups excluding tert-OH is 1. The molecule has 1 atom stereocenters. The molecule has 1 rings (SSSR count). The number of hydrogen-bond donors (Lipinski definition) is 2. The maximum absolute atomic E-state index is 10.8. The van der Waals surface area contributed by atoms with Crippen LogP contribution < -0.4 is 0 Å². The summed E-state index contributed by atoms with van der Waals surface area (Å²) in [6.07, 6.45) is 0.867. The minimum absolute atomic E-state index is 0.114. The molecular formula is C13H19NO3. The fraction of sp³-hybridized carbons (Fsp3) is 0.462. The first-order valence-corrected chi connectivity index (χ1v) is 5.71. The first-order valence-electron chi connectivity index (χ1n) is 5.71. The average molecular weight is 237 g/mol. The van der Waals surface area contributed by atoms with E-state index in [1.54, 1.807) is 18.2 Å². The topological polar surface area (TPSA) is 60.8 Å². The smallest absolute Gasteiger partial charge is 0.335 e. The van der Waals surface area contributed by atoms with Crippen molar-refractivity contribution in [3.8, 4) is 0 Å². The van der Waals surface area contributed by atoms with Crippen LogP contribution in [0.5, 0.6) is 0 Å². The second-order valence-electron chi connectivity index (χ2n) is 4.17. The van der Waals surface area contributed by atoms with E-state index in [4.69, 9.17) is 5.11 Å².